The average Bonchev–Trinajstić information content (AvgIpc) is 3.27. The van der Waals surface area contributed by atoms with Crippen molar-refractivity contribution in [2.24, 2.45) is 0 Å². The lowest BCUT2D eigenvalue weighted by atomic mass is 9.89. The molecule has 0 fully saturated rings. The Morgan fingerprint density at radius 3 is 2.62 bits per heavy atom. The second kappa shape index (κ2) is 8.50. The lowest BCUT2D eigenvalue weighted by molar-refractivity contribution is -0.136. The van der Waals surface area contributed by atoms with Crippen molar-refractivity contribution < 1.29 is 24.2 Å². The number of benzene rings is 2. The maximum absolute atomic E-state index is 13.7. The van der Waals surface area contributed by atoms with Gasteiger partial charge in [-0.05, 0) is 42.0 Å². The molecule has 4 rings (SSSR count). The van der Waals surface area contributed by atoms with Gasteiger partial charge in [0.05, 0.1) is 19.3 Å². The maximum Gasteiger partial charge on any atom is 0.355 e. The number of aromatic hydroxyl groups is 1. The van der Waals surface area contributed by atoms with Crippen molar-refractivity contribution in [3.05, 3.63) is 70.4 Å². The number of Topliss-reactive ketones (excluding diaryl/α,β-unsaturated/α-hetero) is 1. The molecule has 3 aromatic rings. The number of carbonyl (C=O) groups excluding carboxylic acids is 2. The van der Waals surface area contributed by atoms with Gasteiger partial charge >= 0.3 is 5.97 Å². The van der Waals surface area contributed by atoms with Gasteiger partial charge in [0, 0.05) is 5.56 Å². The molecule has 2 aromatic carbocycles. The first-order valence-corrected chi connectivity index (χ1v) is 9.89. The Bertz CT molecular complexity index is 1220. The highest BCUT2D eigenvalue weighted by atomic mass is 16.5. The molecule has 1 aliphatic heterocycles. The number of nitrogens with zero attached hydrogens (tertiary/aromatic N) is 4. The molecular weight excluding hydrogens is 414 g/mol. The van der Waals surface area contributed by atoms with Crippen LogP contribution in [0, 0.1) is 6.92 Å². The zero-order valence-corrected chi connectivity index (χ0v) is 17.7. The van der Waals surface area contributed by atoms with Crippen molar-refractivity contribution in [3.63, 3.8) is 0 Å². The molecule has 0 amide bonds. The number of rotatable bonds is 6. The Morgan fingerprint density at radius 1 is 1.19 bits per heavy atom. The van der Waals surface area contributed by atoms with Crippen LogP contribution in [0.1, 0.15) is 34.5 Å². The van der Waals surface area contributed by atoms with Crippen LogP contribution >= 0.6 is 0 Å². The number of hydrogen-bond acceptors (Lipinski definition) is 9. The van der Waals surface area contributed by atoms with Gasteiger partial charge in [-0.2, -0.15) is 4.68 Å². The van der Waals surface area contributed by atoms with Crippen LogP contribution in [-0.2, 0) is 9.53 Å². The third-order valence-electron chi connectivity index (χ3n) is 5.06. The summed E-state index contributed by atoms with van der Waals surface area (Å²) in [5, 5.41) is 24.6. The van der Waals surface area contributed by atoms with Gasteiger partial charge in [-0.1, -0.05) is 41.0 Å². The summed E-state index contributed by atoms with van der Waals surface area (Å²) in [6.07, 6.45) is 0. The molecule has 0 radical (unpaired) electrons. The second-order valence-electron chi connectivity index (χ2n) is 7.11. The summed E-state index contributed by atoms with van der Waals surface area (Å²) in [5.41, 5.74) is 1.96. The molecule has 0 aliphatic carbocycles. The summed E-state index contributed by atoms with van der Waals surface area (Å²) in [4.78, 5) is 26.3. The number of aromatic nitrogens is 4. The van der Waals surface area contributed by atoms with E-state index in [4.69, 9.17) is 9.47 Å². The van der Waals surface area contributed by atoms with Crippen molar-refractivity contribution in [2.45, 2.75) is 19.9 Å². The molecule has 32 heavy (non-hydrogen) atoms. The first kappa shape index (κ1) is 21.0. The van der Waals surface area contributed by atoms with Gasteiger partial charge in [0.25, 0.3) is 0 Å². The van der Waals surface area contributed by atoms with Gasteiger partial charge in [0.2, 0.25) is 5.95 Å². The smallest absolute Gasteiger partial charge is 0.355 e. The number of allylic oxidation sites excluding steroid dienone is 1. The van der Waals surface area contributed by atoms with Crippen LogP contribution in [0.4, 0.5) is 5.95 Å². The monoisotopic (exact) mass is 435 g/mol. The standard InChI is InChI=1S/C22H21N5O5/c1-4-32-16-11-14(9-10-15(16)28)19-17(20(29)13-7-5-12(2)6-8-13)18(21(30)31-3)23-22-24-25-26-27(19)22/h5-11,19,28H,4H2,1-3H3,(H,23,24,26)/t19-/m1/s1. The predicted molar refractivity (Wildman–Crippen MR) is 113 cm³/mol. The number of methoxy groups -OCH3 is 1. The minimum atomic E-state index is -0.871. The van der Waals surface area contributed by atoms with E-state index in [9.17, 15) is 14.7 Å². The number of nitrogens with one attached hydrogen (secondary N) is 1. The van der Waals surface area contributed by atoms with E-state index in [2.05, 4.69) is 20.8 Å². The number of ether oxygens (including phenoxy) is 2. The molecule has 0 spiro atoms. The number of anilines is 1. The van der Waals surface area contributed by atoms with E-state index >= 15 is 0 Å². The fourth-order valence-electron chi connectivity index (χ4n) is 3.53. The van der Waals surface area contributed by atoms with E-state index in [0.717, 1.165) is 5.56 Å². The van der Waals surface area contributed by atoms with E-state index in [0.29, 0.717) is 17.7 Å². The lowest BCUT2D eigenvalue weighted by Gasteiger charge is -2.28. The molecule has 0 unspecified atom stereocenters. The predicted octanol–water partition coefficient (Wildman–Crippen LogP) is 2.41. The number of ketones is 1. The summed E-state index contributed by atoms with van der Waals surface area (Å²) in [5.74, 6) is -0.773. The summed E-state index contributed by atoms with van der Waals surface area (Å²) >= 11 is 0. The number of phenols is 1. The molecule has 0 saturated heterocycles. The van der Waals surface area contributed by atoms with Crippen molar-refractivity contribution >= 4 is 17.7 Å². The number of esters is 1. The fraction of sp³-hybridized carbons (Fsp3) is 0.227. The largest absolute Gasteiger partial charge is 0.504 e. The summed E-state index contributed by atoms with van der Waals surface area (Å²) in [6, 6.07) is 10.8. The first-order valence-electron chi connectivity index (χ1n) is 9.89. The maximum atomic E-state index is 13.7. The van der Waals surface area contributed by atoms with Gasteiger partial charge in [0.1, 0.15) is 11.7 Å². The van der Waals surface area contributed by atoms with Crippen molar-refractivity contribution in [1.82, 2.24) is 20.2 Å². The molecule has 1 aromatic heterocycles. The summed E-state index contributed by atoms with van der Waals surface area (Å²) in [6.45, 7) is 4.03. The van der Waals surface area contributed by atoms with Crippen molar-refractivity contribution in [2.75, 3.05) is 19.0 Å². The fourth-order valence-corrected chi connectivity index (χ4v) is 3.53. The number of aryl methyl sites for hydroxylation is 1. The van der Waals surface area contributed by atoms with E-state index in [1.165, 1.54) is 17.9 Å². The number of hydrogen-bond donors (Lipinski definition) is 2. The van der Waals surface area contributed by atoms with E-state index in [1.807, 2.05) is 19.1 Å². The number of tetrazole rings is 1. The van der Waals surface area contributed by atoms with Crippen LogP contribution in [0.3, 0.4) is 0 Å². The van der Waals surface area contributed by atoms with Crippen LogP contribution in [0.25, 0.3) is 0 Å². The van der Waals surface area contributed by atoms with E-state index in [1.54, 1.807) is 31.2 Å². The second-order valence-corrected chi connectivity index (χ2v) is 7.11. The van der Waals surface area contributed by atoms with Crippen molar-refractivity contribution in [3.8, 4) is 11.5 Å². The third-order valence-corrected chi connectivity index (χ3v) is 5.06. The van der Waals surface area contributed by atoms with Crippen LogP contribution in [-0.4, -0.2) is 50.8 Å². The molecule has 2 heterocycles. The number of fused-ring (bicyclic) bond motifs is 1. The molecule has 1 atom stereocenters. The van der Waals surface area contributed by atoms with Gasteiger partial charge in [0.15, 0.2) is 17.3 Å². The molecule has 1 aliphatic rings. The zero-order valence-electron chi connectivity index (χ0n) is 17.7. The average molecular weight is 435 g/mol. The molecular formula is C22H21N5O5. The highest BCUT2D eigenvalue weighted by molar-refractivity contribution is 6.14. The first-order chi connectivity index (χ1) is 15.4. The quantitative estimate of drug-likeness (QED) is 0.443. The van der Waals surface area contributed by atoms with Gasteiger partial charge in [-0.15, -0.1) is 0 Å². The van der Waals surface area contributed by atoms with E-state index < -0.39 is 17.8 Å². The Balaban J connectivity index is 1.94. The molecule has 0 bridgehead atoms. The van der Waals surface area contributed by atoms with Crippen LogP contribution in [0.2, 0.25) is 0 Å². The number of carbonyl (C=O) groups is 2. The Hall–Kier alpha value is -4.21. The third kappa shape index (κ3) is 3.66. The topological polar surface area (TPSA) is 128 Å². The van der Waals surface area contributed by atoms with Gasteiger partial charge in [-0.25, -0.2) is 4.79 Å². The Kier molecular flexibility index (Phi) is 5.59. The van der Waals surface area contributed by atoms with Gasteiger partial charge < -0.3 is 19.9 Å². The minimum Gasteiger partial charge on any atom is -0.504 e. The molecule has 10 nitrogen and oxygen atoms in total. The highest BCUT2D eigenvalue weighted by Crippen LogP contribution is 2.39. The number of phenolic OH excluding ortho intramolecular Hbond substituents is 1. The van der Waals surface area contributed by atoms with Crippen LogP contribution < -0.4 is 10.1 Å². The van der Waals surface area contributed by atoms with Crippen LogP contribution in [0.15, 0.2) is 53.7 Å². The van der Waals surface area contributed by atoms with Gasteiger partial charge in [-0.3, -0.25) is 4.79 Å². The molecule has 10 heteroatoms. The zero-order chi connectivity index (χ0) is 22.8. The molecule has 0 saturated carbocycles. The normalized spacial score (nSPS) is 15.0. The molecule has 2 N–H and O–H groups in total. The Labute approximate surface area is 183 Å². The SMILES string of the molecule is CCOc1cc([C@@H]2C(C(=O)c3ccc(C)cc3)=C(C(=O)OC)Nc3nnnn32)ccc1O. The van der Waals surface area contributed by atoms with Crippen LogP contribution in [0.5, 0.6) is 11.5 Å². The Morgan fingerprint density at radius 2 is 1.94 bits per heavy atom. The van der Waals surface area contributed by atoms with Crippen molar-refractivity contribution in [1.29, 1.82) is 0 Å². The summed E-state index contributed by atoms with van der Waals surface area (Å²) < 4.78 is 11.8. The van der Waals surface area contributed by atoms with E-state index in [-0.39, 0.29) is 28.7 Å². The minimum absolute atomic E-state index is 0.0509. The highest BCUT2D eigenvalue weighted by Gasteiger charge is 2.38. The molecule has 164 valence electrons. The lowest BCUT2D eigenvalue weighted by Crippen LogP contribution is -2.33. The summed E-state index contributed by atoms with van der Waals surface area (Å²) in [7, 11) is 1.23.